The van der Waals surface area contributed by atoms with Crippen molar-refractivity contribution in [1.82, 2.24) is 0 Å². The monoisotopic (exact) mass is 718 g/mol. The Labute approximate surface area is 304 Å². The topological polar surface area (TPSA) is 0 Å². The van der Waals surface area contributed by atoms with Crippen molar-refractivity contribution in [3.63, 3.8) is 0 Å². The first-order chi connectivity index (χ1) is 21.4. The summed E-state index contributed by atoms with van der Waals surface area (Å²) < 4.78 is 1.42. The van der Waals surface area contributed by atoms with Crippen LogP contribution >= 0.6 is 0 Å². The van der Waals surface area contributed by atoms with Gasteiger partial charge in [0.15, 0.2) is 0 Å². The molecule has 0 N–H and O–H groups in total. The minimum absolute atomic E-state index is 0. The molecule has 4 aromatic rings. The number of benzene rings is 4. The number of rotatable bonds is 3. The molecule has 0 saturated heterocycles. The molecule has 4 bridgehead atoms. The third kappa shape index (κ3) is 7.09. The third-order valence-electron chi connectivity index (χ3n) is 11.0. The number of hydrogen-bond donors (Lipinski definition) is 0. The predicted molar refractivity (Wildman–Crippen MR) is 180 cm³/mol. The van der Waals surface area contributed by atoms with Crippen molar-refractivity contribution in [1.29, 1.82) is 0 Å². The van der Waals surface area contributed by atoms with Gasteiger partial charge in [0.1, 0.15) is 0 Å². The molecule has 0 aliphatic heterocycles. The van der Waals surface area contributed by atoms with Crippen molar-refractivity contribution in [2.75, 3.05) is 0 Å². The largest absolute Gasteiger partial charge is 0.179 e. The second kappa shape index (κ2) is 14.9. The average molecular weight is 721 g/mol. The molecular weight excluding hydrogens is 679 g/mol. The Bertz CT molecular complexity index is 1580. The van der Waals surface area contributed by atoms with Gasteiger partial charge < -0.3 is 24.8 Å². The maximum Gasteiger partial charge on any atom is -0.0253 e. The molecule has 1 unspecified atom stereocenters. The second-order valence-corrected chi connectivity index (χ2v) is 15.3. The molecule has 6 aliphatic rings. The summed E-state index contributed by atoms with van der Waals surface area (Å²) in [6.07, 6.45) is 18.6. The van der Waals surface area contributed by atoms with Crippen LogP contribution in [0.25, 0.3) is 11.1 Å². The van der Waals surface area contributed by atoms with Crippen LogP contribution in [0.5, 0.6) is 0 Å². The van der Waals surface area contributed by atoms with Crippen LogP contribution in [0.15, 0.2) is 121 Å². The molecule has 0 nitrogen and oxygen atoms in total. The number of fused-ring (bicyclic) bond motifs is 3. The molecule has 0 heterocycles. The van der Waals surface area contributed by atoms with E-state index in [0.717, 1.165) is 24.2 Å². The minimum atomic E-state index is 0. The van der Waals surface area contributed by atoms with Gasteiger partial charge >= 0.3 is 99.2 Å². The van der Waals surface area contributed by atoms with Gasteiger partial charge in [0.25, 0.3) is 0 Å². The summed E-state index contributed by atoms with van der Waals surface area (Å²) in [6.45, 7) is 4.69. The van der Waals surface area contributed by atoms with Gasteiger partial charge in [-0.1, -0.05) is 54.7 Å². The van der Waals surface area contributed by atoms with Crippen LogP contribution in [0.1, 0.15) is 74.6 Å². The molecule has 0 radical (unpaired) electrons. The van der Waals surface area contributed by atoms with E-state index in [9.17, 15) is 0 Å². The van der Waals surface area contributed by atoms with Crippen molar-refractivity contribution in [3.8, 4) is 11.1 Å². The number of allylic oxidation sites excluding steroid dienone is 4. The third-order valence-corrected chi connectivity index (χ3v) is 12.5. The summed E-state index contributed by atoms with van der Waals surface area (Å²) in [5, 5.41) is 0. The van der Waals surface area contributed by atoms with Crippen LogP contribution in [0.4, 0.5) is 0 Å². The molecule has 10 rings (SSSR count). The van der Waals surface area contributed by atoms with Crippen LogP contribution in [-0.2, 0) is 30.7 Å². The van der Waals surface area contributed by atoms with Crippen LogP contribution in [0.3, 0.4) is 0 Å². The van der Waals surface area contributed by atoms with Crippen LogP contribution < -0.4 is 24.8 Å². The smallest absolute Gasteiger partial charge is 0.0253 e. The van der Waals surface area contributed by atoms with Gasteiger partial charge in [-0.3, -0.25) is 6.08 Å². The van der Waals surface area contributed by atoms with Gasteiger partial charge in [0, 0.05) is 0 Å². The predicted octanol–water partition coefficient (Wildman–Crippen LogP) is 4.40. The maximum atomic E-state index is 3.47. The van der Waals surface area contributed by atoms with Crippen LogP contribution in [0.2, 0.25) is 0 Å². The van der Waals surface area contributed by atoms with Crippen molar-refractivity contribution < 1.29 is 49.0 Å². The number of hydrogen-bond acceptors (Lipinski definition) is 0. The van der Waals surface area contributed by atoms with E-state index in [1.165, 1.54) is 85.7 Å². The molecule has 6 aliphatic carbocycles. The Balaban J connectivity index is 0.000000134. The first-order valence-electron chi connectivity index (χ1n) is 16.5. The zero-order valence-electron chi connectivity index (χ0n) is 26.9. The SMILES string of the molecule is CC1=CC(C)(C23CC4CC(CC(C4)C2)C3)C=[C-]1.[Cl-].[Cl-].[Zr+2]=[C](c1ccccc1)c1ccccc1.[c-]1cccc2c1Cc1ccccc1-2. The van der Waals surface area contributed by atoms with E-state index >= 15 is 0 Å². The van der Waals surface area contributed by atoms with Gasteiger partial charge in [-0.15, -0.1) is 5.56 Å². The minimum Gasteiger partial charge on any atom is -0.179 e. The van der Waals surface area contributed by atoms with E-state index in [-0.39, 0.29) is 24.8 Å². The first kappa shape index (κ1) is 35.0. The van der Waals surface area contributed by atoms with E-state index in [1.807, 2.05) is 6.07 Å². The molecule has 4 saturated carbocycles. The normalized spacial score (nSPS) is 27.0. The molecule has 4 aromatic carbocycles. The first-order valence-corrected chi connectivity index (χ1v) is 17.7. The molecule has 4 fully saturated rings. The van der Waals surface area contributed by atoms with Gasteiger partial charge in [0.05, 0.1) is 0 Å². The van der Waals surface area contributed by atoms with Crippen molar-refractivity contribution >= 4 is 3.21 Å². The standard InChI is InChI=1S/C17H23.C13H9.C13H10.2ClH.Zr/c1-12-3-4-16(2,8-12)17-9-13-5-14(10-17)7-15(6-13)11-17;1-3-7-12-10(5-1)9-11-6-2-4-8-13(11)12;1-3-7-12(8-4-1)11-13-9-5-2-6-10-13;;;/h4,8,13-15H,5-7,9-11H2,1-2H3;1-5,7-8H,9H2;1-10H;2*1H;/q2*-1;;;;+2/p-2. The quantitative estimate of drug-likeness (QED) is 0.243. The molecule has 0 aromatic heterocycles. The Morgan fingerprint density at radius 2 is 1.22 bits per heavy atom. The summed E-state index contributed by atoms with van der Waals surface area (Å²) in [7, 11) is 0. The molecule has 3 heteroatoms. The number of halogens is 2. The van der Waals surface area contributed by atoms with Crippen molar-refractivity contribution in [3.05, 3.63) is 155 Å². The van der Waals surface area contributed by atoms with E-state index < -0.39 is 0 Å². The Hall–Kier alpha value is -2.31. The fraction of sp³-hybridized carbons (Fsp3) is 0.326. The summed E-state index contributed by atoms with van der Waals surface area (Å²) in [6, 6.07) is 39.2. The van der Waals surface area contributed by atoms with E-state index in [1.54, 1.807) is 19.3 Å². The fourth-order valence-electron chi connectivity index (χ4n) is 9.25. The molecular formula is C43H42Cl2Zr-2. The van der Waals surface area contributed by atoms with Crippen molar-refractivity contribution in [2.45, 2.75) is 58.8 Å². The molecule has 0 amide bonds. The molecule has 46 heavy (non-hydrogen) atoms. The van der Waals surface area contributed by atoms with Crippen molar-refractivity contribution in [2.24, 2.45) is 28.6 Å². The summed E-state index contributed by atoms with van der Waals surface area (Å²) in [5.41, 5.74) is 10.5. The average Bonchev–Trinajstić information content (AvgIpc) is 3.61. The maximum absolute atomic E-state index is 3.47. The Morgan fingerprint density at radius 3 is 1.76 bits per heavy atom. The molecule has 0 spiro atoms. The van der Waals surface area contributed by atoms with E-state index in [0.29, 0.717) is 10.8 Å². The summed E-state index contributed by atoms with van der Waals surface area (Å²) in [4.78, 5) is 0. The van der Waals surface area contributed by atoms with Gasteiger partial charge in [-0.05, 0) is 68.1 Å². The Kier molecular flexibility index (Phi) is 11.3. The summed E-state index contributed by atoms with van der Waals surface area (Å²) >= 11 is 1.46. The van der Waals surface area contributed by atoms with Gasteiger partial charge in [0.2, 0.25) is 0 Å². The zero-order valence-corrected chi connectivity index (χ0v) is 30.9. The van der Waals surface area contributed by atoms with Crippen LogP contribution in [0, 0.1) is 40.7 Å². The molecule has 1 atom stereocenters. The second-order valence-electron chi connectivity index (χ2n) is 14.1. The Morgan fingerprint density at radius 1 is 0.696 bits per heavy atom. The molecule has 234 valence electrons. The van der Waals surface area contributed by atoms with Gasteiger partial charge in [-0.25, -0.2) is 11.6 Å². The van der Waals surface area contributed by atoms with E-state index in [4.69, 9.17) is 0 Å². The van der Waals surface area contributed by atoms with Crippen LogP contribution in [-0.4, -0.2) is 3.21 Å². The van der Waals surface area contributed by atoms with E-state index in [2.05, 4.69) is 135 Å². The van der Waals surface area contributed by atoms with Gasteiger partial charge in [-0.2, -0.15) is 35.9 Å². The zero-order chi connectivity index (χ0) is 30.1. The fourth-order valence-corrected chi connectivity index (χ4v) is 10.1. The summed E-state index contributed by atoms with van der Waals surface area (Å²) in [5.74, 6) is 3.17.